The van der Waals surface area contributed by atoms with Crippen LogP contribution in [0.4, 0.5) is 0 Å². The van der Waals surface area contributed by atoms with E-state index >= 15 is 0 Å². The molecule has 204 valence electrons. The van der Waals surface area contributed by atoms with Crippen molar-refractivity contribution in [2.45, 2.75) is 91.7 Å². The van der Waals surface area contributed by atoms with E-state index < -0.39 is 8.32 Å². The molecule has 1 aliphatic rings. The van der Waals surface area contributed by atoms with Gasteiger partial charge >= 0.3 is 0 Å². The Bertz CT molecular complexity index is 1080. The molecule has 0 heterocycles. The Hall–Kier alpha value is -2.49. The summed E-state index contributed by atoms with van der Waals surface area (Å²) < 4.78 is 7.40. The van der Waals surface area contributed by atoms with Gasteiger partial charge in [-0.3, -0.25) is 4.79 Å². The Morgan fingerprint density at radius 1 is 0.868 bits per heavy atom. The molecule has 0 fully saturated rings. The van der Waals surface area contributed by atoms with E-state index in [1.807, 2.05) is 6.08 Å². The van der Waals surface area contributed by atoms with Gasteiger partial charge in [-0.1, -0.05) is 125 Å². The summed E-state index contributed by atoms with van der Waals surface area (Å²) in [6.45, 7) is 15.8. The van der Waals surface area contributed by atoms with Gasteiger partial charge < -0.3 is 4.43 Å². The molecule has 0 saturated heterocycles. The molecule has 1 aliphatic carbocycles. The topological polar surface area (TPSA) is 26.3 Å². The minimum absolute atomic E-state index is 0.141. The second kappa shape index (κ2) is 13.5. The molecule has 0 radical (unpaired) electrons. The molecule has 3 heteroatoms. The molecule has 3 rings (SSSR count). The number of hydrogen-bond donors (Lipinski definition) is 0. The lowest BCUT2D eigenvalue weighted by Crippen LogP contribution is -2.67. The van der Waals surface area contributed by atoms with E-state index in [4.69, 9.17) is 4.43 Å². The van der Waals surface area contributed by atoms with Crippen molar-refractivity contribution >= 4 is 24.5 Å². The van der Waals surface area contributed by atoms with E-state index in [9.17, 15) is 4.79 Å². The summed E-state index contributed by atoms with van der Waals surface area (Å²) in [7, 11) is -2.78. The van der Waals surface area contributed by atoms with Gasteiger partial charge in [0.15, 0.2) is 5.78 Å². The molecule has 0 aliphatic heterocycles. The van der Waals surface area contributed by atoms with Crippen LogP contribution in [0, 0.1) is 11.8 Å². The average molecular weight is 529 g/mol. The van der Waals surface area contributed by atoms with Crippen molar-refractivity contribution in [3.05, 3.63) is 96.1 Å². The maximum atomic E-state index is 13.4. The molecule has 0 amide bonds. The zero-order valence-electron chi connectivity index (χ0n) is 24.7. The van der Waals surface area contributed by atoms with Gasteiger partial charge in [-0.2, -0.15) is 0 Å². The van der Waals surface area contributed by atoms with E-state index in [1.165, 1.54) is 21.5 Å². The zero-order valence-corrected chi connectivity index (χ0v) is 25.7. The van der Waals surface area contributed by atoms with Crippen molar-refractivity contribution in [1.29, 1.82) is 0 Å². The summed E-state index contributed by atoms with van der Waals surface area (Å²) in [6.07, 6.45) is 12.9. The molecule has 0 spiro atoms. The minimum Gasteiger partial charge on any atom is -0.401 e. The van der Waals surface area contributed by atoms with Crippen molar-refractivity contribution in [3.63, 3.8) is 0 Å². The van der Waals surface area contributed by atoms with Crippen LogP contribution in [0.15, 0.2) is 96.1 Å². The van der Waals surface area contributed by atoms with Crippen LogP contribution in [0.3, 0.4) is 0 Å². The van der Waals surface area contributed by atoms with Crippen LogP contribution in [-0.4, -0.2) is 20.2 Å². The number of carbonyl (C=O) groups excluding carboxylic acids is 1. The highest BCUT2D eigenvalue weighted by Gasteiger charge is 2.51. The minimum atomic E-state index is -2.78. The third-order valence-electron chi connectivity index (χ3n) is 7.91. The quantitative estimate of drug-likeness (QED) is 0.289. The highest BCUT2D eigenvalue weighted by atomic mass is 28.4. The maximum Gasteiger partial charge on any atom is 0.261 e. The second-order valence-corrected chi connectivity index (χ2v) is 16.7. The fraction of sp³-hybridized carbons (Fsp3) is 0.457. The van der Waals surface area contributed by atoms with Crippen molar-refractivity contribution in [2.75, 3.05) is 0 Å². The van der Waals surface area contributed by atoms with Gasteiger partial charge in [0.05, 0.1) is 6.10 Å². The largest absolute Gasteiger partial charge is 0.401 e. The fourth-order valence-corrected chi connectivity index (χ4v) is 10.3. The van der Waals surface area contributed by atoms with E-state index in [0.29, 0.717) is 18.3 Å². The lowest BCUT2D eigenvalue weighted by atomic mass is 9.88. The zero-order chi connectivity index (χ0) is 27.8. The monoisotopic (exact) mass is 528 g/mol. The summed E-state index contributed by atoms with van der Waals surface area (Å²) in [5, 5.41) is 2.34. The van der Waals surface area contributed by atoms with Crippen LogP contribution in [-0.2, 0) is 9.22 Å². The van der Waals surface area contributed by atoms with Crippen LogP contribution in [0.5, 0.6) is 0 Å². The van der Waals surface area contributed by atoms with Crippen LogP contribution >= 0.6 is 0 Å². The Kier molecular flexibility index (Phi) is 10.7. The number of carbonyl (C=O) groups is 1. The van der Waals surface area contributed by atoms with Gasteiger partial charge in [0.25, 0.3) is 8.32 Å². The molecular formula is C35H48O2Si. The number of rotatable bonds is 5. The molecule has 0 unspecified atom stereocenters. The highest BCUT2D eigenvalue weighted by Crippen LogP contribution is 2.38. The predicted octanol–water partition coefficient (Wildman–Crippen LogP) is 8.19. The van der Waals surface area contributed by atoms with Crippen LogP contribution in [0.1, 0.15) is 80.6 Å². The SMILES string of the molecule is C/C1=C\[C@H](O[Si](c2ccccc2)(c2ccccc2)C(C)(C)C)CC(=O)/C=C\[C@H](C(C)C)CC/C(C)=C/CC1. The molecule has 0 saturated carbocycles. The standard InChI is InChI=1S/C35H48O2Si/c1-27(2)30-22-21-28(3)15-14-16-29(4)25-32(26-31(36)24-23-30)37-38(35(5,6)7,33-17-10-8-11-18-33)34-19-12-9-13-20-34/h8-13,15,17-20,23-25,27,30,32H,14,16,21-22,26H2,1-7H3/b24-23-,28-15+,29-25+/t30-,32+/m1/s1. The van der Waals surface area contributed by atoms with Crippen molar-refractivity contribution in [2.24, 2.45) is 11.8 Å². The second-order valence-electron chi connectivity index (χ2n) is 12.4. The normalized spacial score (nSPS) is 24.2. The summed E-state index contributed by atoms with van der Waals surface area (Å²) in [5.41, 5.74) is 2.73. The fourth-order valence-electron chi connectivity index (χ4n) is 5.65. The lowest BCUT2D eigenvalue weighted by Gasteiger charge is -2.44. The average Bonchev–Trinajstić information content (AvgIpc) is 2.86. The van der Waals surface area contributed by atoms with Crippen molar-refractivity contribution < 1.29 is 9.22 Å². The molecule has 0 aromatic heterocycles. The Labute approximate surface area is 233 Å². The first-order chi connectivity index (χ1) is 18.0. The number of ketones is 1. The van der Waals surface area contributed by atoms with E-state index in [1.54, 1.807) is 0 Å². The summed E-state index contributed by atoms with van der Waals surface area (Å²) in [6, 6.07) is 21.4. The van der Waals surface area contributed by atoms with Crippen molar-refractivity contribution in [1.82, 2.24) is 0 Å². The van der Waals surface area contributed by atoms with Gasteiger partial charge in [0.2, 0.25) is 0 Å². The number of benzene rings is 2. The van der Waals surface area contributed by atoms with Gasteiger partial charge in [-0.25, -0.2) is 0 Å². The molecule has 0 N–H and O–H groups in total. The van der Waals surface area contributed by atoms with Crippen LogP contribution in [0.25, 0.3) is 0 Å². The van der Waals surface area contributed by atoms with E-state index in [2.05, 4.69) is 127 Å². The molecule has 2 aromatic rings. The van der Waals surface area contributed by atoms with Crippen molar-refractivity contribution in [3.8, 4) is 0 Å². The van der Waals surface area contributed by atoms with Crippen LogP contribution in [0.2, 0.25) is 5.04 Å². The number of hydrogen-bond acceptors (Lipinski definition) is 2. The summed E-state index contributed by atoms with van der Waals surface area (Å²) in [5.74, 6) is 1.05. The maximum absolute atomic E-state index is 13.4. The smallest absolute Gasteiger partial charge is 0.261 e. The number of allylic oxidation sites excluding steroid dienone is 5. The summed E-state index contributed by atoms with van der Waals surface area (Å²) in [4.78, 5) is 13.4. The van der Waals surface area contributed by atoms with Crippen LogP contribution < -0.4 is 10.4 Å². The molecular weight excluding hydrogens is 480 g/mol. The Morgan fingerprint density at radius 2 is 1.45 bits per heavy atom. The first kappa shape index (κ1) is 30.1. The molecule has 2 aromatic carbocycles. The van der Waals surface area contributed by atoms with Gasteiger partial charge in [-0.15, -0.1) is 0 Å². The molecule has 2 atom stereocenters. The highest BCUT2D eigenvalue weighted by molar-refractivity contribution is 6.99. The predicted molar refractivity (Wildman–Crippen MR) is 166 cm³/mol. The first-order valence-corrected chi connectivity index (χ1v) is 16.3. The van der Waals surface area contributed by atoms with E-state index in [-0.39, 0.29) is 16.9 Å². The lowest BCUT2D eigenvalue weighted by molar-refractivity contribution is -0.115. The molecule has 38 heavy (non-hydrogen) atoms. The van der Waals surface area contributed by atoms with Gasteiger partial charge in [0.1, 0.15) is 0 Å². The first-order valence-electron chi connectivity index (χ1n) is 14.4. The summed E-state index contributed by atoms with van der Waals surface area (Å²) >= 11 is 0. The Morgan fingerprint density at radius 3 is 1.97 bits per heavy atom. The van der Waals surface area contributed by atoms with Gasteiger partial charge in [-0.05, 0) is 72.9 Å². The van der Waals surface area contributed by atoms with Gasteiger partial charge in [0, 0.05) is 6.42 Å². The Balaban J connectivity index is 2.10. The van der Waals surface area contributed by atoms with E-state index in [0.717, 1.165) is 25.7 Å². The third kappa shape index (κ3) is 7.77. The third-order valence-corrected chi connectivity index (χ3v) is 13.0. The molecule has 2 nitrogen and oxygen atoms in total. The molecule has 0 bridgehead atoms.